The lowest BCUT2D eigenvalue weighted by molar-refractivity contribution is -0.146. The van der Waals surface area contributed by atoms with Crippen molar-refractivity contribution >= 4 is 11.9 Å². The molecule has 1 unspecified atom stereocenters. The molecule has 23 heavy (non-hydrogen) atoms. The van der Waals surface area contributed by atoms with Crippen LogP contribution in [0, 0.1) is 19.8 Å². The van der Waals surface area contributed by atoms with E-state index in [1.54, 1.807) is 11.8 Å². The Balaban J connectivity index is 2.50. The molecule has 1 aromatic rings. The van der Waals surface area contributed by atoms with Gasteiger partial charge < -0.3 is 14.4 Å². The van der Waals surface area contributed by atoms with Gasteiger partial charge in [0.05, 0.1) is 26.1 Å². The fourth-order valence-corrected chi connectivity index (χ4v) is 2.30. The number of rotatable bonds is 8. The number of aryl methyl sites for hydroxylation is 1. The van der Waals surface area contributed by atoms with Crippen molar-refractivity contribution in [2.24, 2.45) is 5.92 Å². The molecule has 1 amide bonds. The summed E-state index contributed by atoms with van der Waals surface area (Å²) in [6.07, 6.45) is 0.287. The molecule has 1 rings (SSSR count). The summed E-state index contributed by atoms with van der Waals surface area (Å²) >= 11 is 0. The second kappa shape index (κ2) is 9.18. The predicted molar refractivity (Wildman–Crippen MR) is 89.5 cm³/mol. The summed E-state index contributed by atoms with van der Waals surface area (Å²) in [5, 5.41) is 0. The van der Waals surface area contributed by atoms with Crippen LogP contribution in [0.3, 0.4) is 0 Å². The lowest BCUT2D eigenvalue weighted by Gasteiger charge is -2.23. The maximum absolute atomic E-state index is 12.3. The Morgan fingerprint density at radius 2 is 1.96 bits per heavy atom. The third kappa shape index (κ3) is 5.58. The zero-order chi connectivity index (χ0) is 17.4. The molecule has 0 bridgehead atoms. The second-order valence-corrected chi connectivity index (χ2v) is 5.65. The van der Waals surface area contributed by atoms with Crippen LogP contribution in [0.4, 0.5) is 0 Å². The summed E-state index contributed by atoms with van der Waals surface area (Å²) in [6, 6.07) is 5.87. The first-order chi connectivity index (χ1) is 10.9. The first-order valence-corrected chi connectivity index (χ1v) is 7.95. The molecule has 0 N–H and O–H groups in total. The fourth-order valence-electron chi connectivity index (χ4n) is 2.30. The molecular weight excluding hydrogens is 294 g/mol. The third-order valence-electron chi connectivity index (χ3n) is 3.96. The van der Waals surface area contributed by atoms with E-state index in [0.717, 1.165) is 16.9 Å². The van der Waals surface area contributed by atoms with Gasteiger partial charge in [-0.25, -0.2) is 0 Å². The van der Waals surface area contributed by atoms with Gasteiger partial charge in [-0.05, 0) is 38.0 Å². The molecule has 0 saturated heterocycles. The van der Waals surface area contributed by atoms with Crippen molar-refractivity contribution in [3.63, 3.8) is 0 Å². The lowest BCUT2D eigenvalue weighted by atomic mass is 10.1. The summed E-state index contributed by atoms with van der Waals surface area (Å²) in [6.45, 7) is 8.94. The number of ether oxygens (including phenoxy) is 2. The molecule has 1 atom stereocenters. The van der Waals surface area contributed by atoms with Crippen LogP contribution in [0.15, 0.2) is 18.2 Å². The monoisotopic (exact) mass is 321 g/mol. The van der Waals surface area contributed by atoms with Gasteiger partial charge in [0.1, 0.15) is 5.75 Å². The Kier molecular flexibility index (Phi) is 7.59. The van der Waals surface area contributed by atoms with Crippen molar-refractivity contribution in [3.8, 4) is 5.75 Å². The lowest BCUT2D eigenvalue weighted by Crippen LogP contribution is -2.37. The van der Waals surface area contributed by atoms with Gasteiger partial charge in [-0.2, -0.15) is 0 Å². The molecule has 0 aliphatic heterocycles. The van der Waals surface area contributed by atoms with Crippen LogP contribution in [0.2, 0.25) is 0 Å². The number of esters is 1. The van der Waals surface area contributed by atoms with Crippen molar-refractivity contribution in [2.75, 3.05) is 26.8 Å². The second-order valence-electron chi connectivity index (χ2n) is 5.65. The van der Waals surface area contributed by atoms with E-state index in [4.69, 9.17) is 9.47 Å². The zero-order valence-electron chi connectivity index (χ0n) is 14.7. The summed E-state index contributed by atoms with van der Waals surface area (Å²) in [5.74, 6) is 0.157. The first-order valence-electron chi connectivity index (χ1n) is 7.95. The minimum Gasteiger partial charge on any atom is -0.493 e. The third-order valence-corrected chi connectivity index (χ3v) is 3.96. The highest BCUT2D eigenvalue weighted by atomic mass is 16.5. The van der Waals surface area contributed by atoms with E-state index in [9.17, 15) is 9.59 Å². The first kappa shape index (κ1) is 19.0. The Morgan fingerprint density at radius 3 is 2.57 bits per heavy atom. The van der Waals surface area contributed by atoms with Crippen molar-refractivity contribution in [1.82, 2.24) is 4.90 Å². The topological polar surface area (TPSA) is 55.8 Å². The van der Waals surface area contributed by atoms with Crippen LogP contribution in [0.25, 0.3) is 0 Å². The quantitative estimate of drug-likeness (QED) is 0.691. The van der Waals surface area contributed by atoms with E-state index >= 15 is 0 Å². The van der Waals surface area contributed by atoms with E-state index in [1.165, 1.54) is 7.11 Å². The molecule has 0 aliphatic carbocycles. The van der Waals surface area contributed by atoms with Gasteiger partial charge in [-0.1, -0.05) is 19.1 Å². The van der Waals surface area contributed by atoms with Crippen LogP contribution >= 0.6 is 0 Å². The summed E-state index contributed by atoms with van der Waals surface area (Å²) in [7, 11) is 1.36. The Bertz CT molecular complexity index is 542. The van der Waals surface area contributed by atoms with E-state index < -0.39 is 0 Å². The minimum absolute atomic E-state index is 0.0199. The highest BCUT2D eigenvalue weighted by molar-refractivity contribution is 5.78. The number of benzene rings is 1. The molecular formula is C18H27NO4. The minimum atomic E-state index is -0.330. The molecule has 0 radical (unpaired) electrons. The largest absolute Gasteiger partial charge is 0.493 e. The smallest absolute Gasteiger partial charge is 0.310 e. The molecule has 0 aromatic heterocycles. The van der Waals surface area contributed by atoms with E-state index in [2.05, 4.69) is 0 Å². The molecule has 0 fully saturated rings. The predicted octanol–water partition coefficient (Wildman–Crippen LogP) is 2.73. The van der Waals surface area contributed by atoms with Crippen molar-refractivity contribution in [1.29, 1.82) is 0 Å². The van der Waals surface area contributed by atoms with Gasteiger partial charge in [0.15, 0.2) is 0 Å². The summed E-state index contributed by atoms with van der Waals surface area (Å²) in [4.78, 5) is 25.4. The van der Waals surface area contributed by atoms with Gasteiger partial charge in [0.25, 0.3) is 0 Å². The summed E-state index contributed by atoms with van der Waals surface area (Å²) in [5.41, 5.74) is 2.25. The van der Waals surface area contributed by atoms with E-state index in [0.29, 0.717) is 19.7 Å². The molecule has 0 heterocycles. The Morgan fingerprint density at radius 1 is 1.26 bits per heavy atom. The van der Waals surface area contributed by atoms with Crippen LogP contribution in [0.5, 0.6) is 5.75 Å². The number of hydrogen-bond donors (Lipinski definition) is 0. The van der Waals surface area contributed by atoms with Crippen LogP contribution in [-0.2, 0) is 14.3 Å². The number of amides is 1. The molecule has 0 spiro atoms. The average Bonchev–Trinajstić information content (AvgIpc) is 2.55. The van der Waals surface area contributed by atoms with Crippen LogP contribution in [-0.4, -0.2) is 43.6 Å². The van der Waals surface area contributed by atoms with E-state index in [1.807, 2.05) is 39.0 Å². The van der Waals surface area contributed by atoms with Crippen LogP contribution < -0.4 is 4.74 Å². The average molecular weight is 321 g/mol. The SMILES string of the molecule is CCN(CC(C)C(=O)OC)C(=O)CCOc1cccc(C)c1C. The van der Waals surface area contributed by atoms with Gasteiger partial charge in [-0.15, -0.1) is 0 Å². The van der Waals surface area contributed by atoms with Gasteiger partial charge in [0, 0.05) is 13.1 Å². The maximum Gasteiger partial charge on any atom is 0.310 e. The number of methoxy groups -OCH3 is 1. The Labute approximate surface area is 138 Å². The summed E-state index contributed by atoms with van der Waals surface area (Å²) < 4.78 is 10.4. The normalized spacial score (nSPS) is 11.7. The maximum atomic E-state index is 12.3. The molecule has 1 aromatic carbocycles. The molecule has 128 valence electrons. The van der Waals surface area contributed by atoms with Crippen molar-refractivity contribution < 1.29 is 19.1 Å². The van der Waals surface area contributed by atoms with Crippen molar-refractivity contribution in [2.45, 2.75) is 34.1 Å². The number of carbonyl (C=O) groups excluding carboxylic acids is 2. The van der Waals surface area contributed by atoms with Gasteiger partial charge in [-0.3, -0.25) is 9.59 Å². The van der Waals surface area contributed by atoms with Gasteiger partial charge in [0.2, 0.25) is 5.91 Å². The Hall–Kier alpha value is -2.04. The molecule has 5 nitrogen and oxygen atoms in total. The number of hydrogen-bond acceptors (Lipinski definition) is 4. The highest BCUT2D eigenvalue weighted by Gasteiger charge is 2.20. The van der Waals surface area contributed by atoms with Crippen LogP contribution in [0.1, 0.15) is 31.4 Å². The van der Waals surface area contributed by atoms with E-state index in [-0.39, 0.29) is 24.2 Å². The van der Waals surface area contributed by atoms with Crippen molar-refractivity contribution in [3.05, 3.63) is 29.3 Å². The molecule has 0 saturated carbocycles. The van der Waals surface area contributed by atoms with Gasteiger partial charge >= 0.3 is 5.97 Å². The molecule has 0 aliphatic rings. The standard InChI is InChI=1S/C18H27NO4/c1-6-19(12-14(3)18(21)22-5)17(20)10-11-23-16-9-7-8-13(2)15(16)4/h7-9,14H,6,10-12H2,1-5H3. The zero-order valence-corrected chi connectivity index (χ0v) is 14.7. The number of nitrogens with zero attached hydrogens (tertiary/aromatic N) is 1. The number of carbonyl (C=O) groups is 2. The molecule has 5 heteroatoms. The fraction of sp³-hybridized carbons (Fsp3) is 0.556. The highest BCUT2D eigenvalue weighted by Crippen LogP contribution is 2.20.